The summed E-state index contributed by atoms with van der Waals surface area (Å²) in [6.45, 7) is 2.24. The van der Waals surface area contributed by atoms with Crippen LogP contribution in [0, 0.1) is 0 Å². The molecule has 0 saturated heterocycles. The van der Waals surface area contributed by atoms with E-state index in [0.29, 0.717) is 21.5 Å². The number of halogens is 1. The first kappa shape index (κ1) is 7.69. The van der Waals surface area contributed by atoms with E-state index < -0.39 is 0 Å². The fourth-order valence-electron chi connectivity index (χ4n) is 0.295. The number of hydrogen-bond donors (Lipinski definition) is 1. The summed E-state index contributed by atoms with van der Waals surface area (Å²) in [5.74, 6) is 0. The summed E-state index contributed by atoms with van der Waals surface area (Å²) in [7, 11) is 2.04. The van der Waals surface area contributed by atoms with Gasteiger partial charge in [0.1, 0.15) is 0 Å². The Balaban J connectivity index is 2.45. The molecular weight excluding hydrogens is 201 g/mol. The Hall–Kier alpha value is 0.690. The Bertz CT molecular complexity index is 27.3. The van der Waals surface area contributed by atoms with Crippen molar-refractivity contribution in [2.75, 3.05) is 11.5 Å². The molecule has 0 rings (SSSR count). The predicted molar refractivity (Wildman–Crippen MR) is 28.8 cm³/mol. The normalized spacial score (nSPS) is 10.0. The topological polar surface area (TPSA) is 12.0 Å². The molecule has 0 atom stereocenters. The molecule has 0 aliphatic rings. The third kappa shape index (κ3) is 6.69. The summed E-state index contributed by atoms with van der Waals surface area (Å²) < 4.78 is 4.65. The average Bonchev–Trinajstić information content (AvgIpc) is 1.69. The molecule has 0 unspecified atom stereocenters. The van der Waals surface area contributed by atoms with E-state index in [4.69, 9.17) is 0 Å². The van der Waals surface area contributed by atoms with Gasteiger partial charge in [0, 0.05) is 0 Å². The minimum atomic E-state index is 0.372. The molecule has 46 valence electrons. The van der Waals surface area contributed by atoms with E-state index in [9.17, 15) is 0 Å². The zero-order chi connectivity index (χ0) is 5.54. The maximum atomic E-state index is 3.21. The predicted octanol–water partition coefficient (Wildman–Crippen LogP) is -1.99. The van der Waals surface area contributed by atoms with Gasteiger partial charge in [-0.15, -0.1) is 0 Å². The van der Waals surface area contributed by atoms with Crippen LogP contribution in [0.25, 0.3) is 0 Å². The van der Waals surface area contributed by atoms with Crippen molar-refractivity contribution in [3.63, 3.8) is 0 Å². The third-order valence-corrected chi connectivity index (χ3v) is 2.78. The Morgan fingerprint density at radius 2 is 2.29 bits per heavy atom. The Labute approximate surface area is 56.5 Å². The number of hydrogen-bond acceptors (Lipinski definition) is 1. The Kier molecular flexibility index (Phi) is 7.35. The fourth-order valence-corrected chi connectivity index (χ4v) is 1.98. The first-order chi connectivity index (χ1) is 3.41. The van der Waals surface area contributed by atoms with Crippen LogP contribution >= 0.6 is 0 Å². The number of alkyl halides is 1. The SMILES string of the molecule is CCCC[I-]NC. The molecule has 0 aromatic rings. The zero-order valence-electron chi connectivity index (χ0n) is 5.00. The third-order valence-electron chi connectivity index (χ3n) is 0.715. The molecule has 0 heterocycles. The van der Waals surface area contributed by atoms with Crippen LogP contribution < -0.4 is 25.0 Å². The van der Waals surface area contributed by atoms with E-state index in [1.807, 2.05) is 7.05 Å². The van der Waals surface area contributed by atoms with Crippen molar-refractivity contribution in [2.24, 2.45) is 0 Å². The molecule has 2 heteroatoms. The molecular formula is C5H13IN-. The second kappa shape index (κ2) is 6.69. The van der Waals surface area contributed by atoms with Gasteiger partial charge in [-0.25, -0.2) is 0 Å². The quantitative estimate of drug-likeness (QED) is 0.247. The molecule has 0 spiro atoms. The molecule has 1 N–H and O–H groups in total. The molecule has 0 aromatic heterocycles. The van der Waals surface area contributed by atoms with E-state index in [2.05, 4.69) is 10.5 Å². The molecule has 0 aliphatic carbocycles. The molecule has 7 heavy (non-hydrogen) atoms. The molecule has 0 saturated carbocycles. The van der Waals surface area contributed by atoms with Crippen LogP contribution in [0.5, 0.6) is 0 Å². The van der Waals surface area contributed by atoms with E-state index >= 15 is 0 Å². The minimum absolute atomic E-state index is 0.372. The van der Waals surface area contributed by atoms with Crippen LogP contribution in [0.2, 0.25) is 0 Å². The van der Waals surface area contributed by atoms with Crippen LogP contribution in [0.4, 0.5) is 0 Å². The zero-order valence-corrected chi connectivity index (χ0v) is 7.16. The molecule has 0 aliphatic heterocycles. The van der Waals surface area contributed by atoms with Crippen molar-refractivity contribution < 1.29 is 21.5 Å². The second-order valence-corrected chi connectivity index (χ2v) is 4.29. The molecule has 1 nitrogen and oxygen atoms in total. The summed E-state index contributed by atoms with van der Waals surface area (Å²) in [5.41, 5.74) is 0. The molecule has 0 bridgehead atoms. The Morgan fingerprint density at radius 3 is 2.71 bits per heavy atom. The van der Waals surface area contributed by atoms with Gasteiger partial charge in [0.2, 0.25) is 0 Å². The van der Waals surface area contributed by atoms with Gasteiger partial charge in [0.15, 0.2) is 0 Å². The van der Waals surface area contributed by atoms with Crippen molar-refractivity contribution in [2.45, 2.75) is 19.8 Å². The van der Waals surface area contributed by atoms with Crippen molar-refractivity contribution in [3.05, 3.63) is 0 Å². The summed E-state index contributed by atoms with van der Waals surface area (Å²) in [4.78, 5) is 0. The monoisotopic (exact) mass is 214 g/mol. The van der Waals surface area contributed by atoms with Crippen LogP contribution in [-0.4, -0.2) is 11.5 Å². The van der Waals surface area contributed by atoms with Crippen molar-refractivity contribution >= 4 is 0 Å². The summed E-state index contributed by atoms with van der Waals surface area (Å²) in [6.07, 6.45) is 2.76. The average molecular weight is 214 g/mol. The van der Waals surface area contributed by atoms with Crippen LogP contribution in [0.3, 0.4) is 0 Å². The standard InChI is InChI=1S/C5H13IN/c1-3-4-5-6-7-2/h7H,3-5H2,1-2H3/q-1. The van der Waals surface area contributed by atoms with Crippen molar-refractivity contribution in [1.29, 1.82) is 0 Å². The van der Waals surface area contributed by atoms with Gasteiger partial charge in [-0.2, -0.15) is 0 Å². The Morgan fingerprint density at radius 1 is 1.57 bits per heavy atom. The van der Waals surface area contributed by atoms with E-state index in [0.717, 1.165) is 0 Å². The van der Waals surface area contributed by atoms with E-state index in [-0.39, 0.29) is 0 Å². The molecule has 0 amide bonds. The van der Waals surface area contributed by atoms with E-state index in [1.54, 1.807) is 0 Å². The summed E-state index contributed by atoms with van der Waals surface area (Å²) >= 11 is 0.372. The van der Waals surface area contributed by atoms with Crippen LogP contribution in [0.15, 0.2) is 0 Å². The molecule has 0 fully saturated rings. The molecule has 0 radical (unpaired) electrons. The molecule has 0 aromatic carbocycles. The first-order valence-electron chi connectivity index (χ1n) is 2.66. The number of nitrogens with one attached hydrogen (secondary N) is 1. The van der Waals surface area contributed by atoms with Crippen LogP contribution in [-0.2, 0) is 0 Å². The number of unbranched alkanes of at least 4 members (excludes halogenated alkanes) is 1. The van der Waals surface area contributed by atoms with Gasteiger partial charge in [-0.05, 0) is 0 Å². The summed E-state index contributed by atoms with van der Waals surface area (Å²) in [6, 6.07) is 0. The van der Waals surface area contributed by atoms with Gasteiger partial charge in [0.25, 0.3) is 0 Å². The second-order valence-electron chi connectivity index (χ2n) is 1.37. The van der Waals surface area contributed by atoms with Gasteiger partial charge in [0.05, 0.1) is 0 Å². The summed E-state index contributed by atoms with van der Waals surface area (Å²) in [5, 5.41) is 0. The van der Waals surface area contributed by atoms with E-state index in [1.165, 1.54) is 17.3 Å². The number of rotatable bonds is 4. The van der Waals surface area contributed by atoms with Crippen LogP contribution in [0.1, 0.15) is 19.8 Å². The first-order valence-corrected chi connectivity index (χ1v) is 5.27. The fraction of sp³-hybridized carbons (Fsp3) is 1.00. The van der Waals surface area contributed by atoms with Gasteiger partial charge in [-0.3, -0.25) is 0 Å². The van der Waals surface area contributed by atoms with Gasteiger partial charge < -0.3 is 0 Å². The van der Waals surface area contributed by atoms with Crippen molar-refractivity contribution in [3.8, 4) is 0 Å². The van der Waals surface area contributed by atoms with Gasteiger partial charge >= 0.3 is 56.2 Å². The van der Waals surface area contributed by atoms with Crippen molar-refractivity contribution in [1.82, 2.24) is 3.53 Å². The van der Waals surface area contributed by atoms with Gasteiger partial charge in [-0.1, -0.05) is 0 Å². The maximum absolute atomic E-state index is 3.21.